The smallest absolute Gasteiger partial charge is 0.226 e. The Morgan fingerprint density at radius 3 is 2.41 bits per heavy atom. The van der Waals surface area contributed by atoms with Gasteiger partial charge in [0.1, 0.15) is 0 Å². The Morgan fingerprint density at radius 2 is 1.76 bits per heavy atom. The van der Waals surface area contributed by atoms with Crippen molar-refractivity contribution >= 4 is 5.91 Å². The summed E-state index contributed by atoms with van der Waals surface area (Å²) in [6.07, 6.45) is 8.96. The van der Waals surface area contributed by atoms with Crippen molar-refractivity contribution in [1.29, 1.82) is 0 Å². The van der Waals surface area contributed by atoms with Crippen LogP contribution in [-0.2, 0) is 10.2 Å². The molecule has 0 aliphatic heterocycles. The van der Waals surface area contributed by atoms with E-state index in [1.54, 1.807) is 0 Å². The number of hydrogen-bond donors (Lipinski definition) is 2. The van der Waals surface area contributed by atoms with Crippen LogP contribution in [0.3, 0.4) is 0 Å². The van der Waals surface area contributed by atoms with E-state index >= 15 is 0 Å². The molecule has 0 radical (unpaired) electrons. The number of carbonyl (C=O) groups is 1. The van der Waals surface area contributed by atoms with Gasteiger partial charge in [0.25, 0.3) is 0 Å². The molecule has 1 amide bonds. The molecule has 5 atom stereocenters. The fourth-order valence-electron chi connectivity index (χ4n) is 7.04. The summed E-state index contributed by atoms with van der Waals surface area (Å²) in [7, 11) is 0. The van der Waals surface area contributed by atoms with Crippen LogP contribution in [0.25, 0.3) is 0 Å². The van der Waals surface area contributed by atoms with Crippen molar-refractivity contribution < 1.29 is 4.79 Å². The summed E-state index contributed by atoms with van der Waals surface area (Å²) < 4.78 is 0. The van der Waals surface area contributed by atoms with Gasteiger partial charge in [0.05, 0.1) is 0 Å². The predicted octanol–water partition coefficient (Wildman–Crippen LogP) is 5.04. The molecule has 3 fully saturated rings. The van der Waals surface area contributed by atoms with Gasteiger partial charge in [0, 0.05) is 11.5 Å². The topological polar surface area (TPSA) is 55.1 Å². The van der Waals surface area contributed by atoms with Gasteiger partial charge in [-0.1, -0.05) is 51.1 Å². The summed E-state index contributed by atoms with van der Waals surface area (Å²) in [6.45, 7) is 7.88. The van der Waals surface area contributed by atoms with E-state index in [0.29, 0.717) is 35.6 Å². The van der Waals surface area contributed by atoms with Crippen LogP contribution in [0.4, 0.5) is 0 Å². The lowest BCUT2D eigenvalue weighted by Crippen LogP contribution is -2.55. The van der Waals surface area contributed by atoms with Gasteiger partial charge in [-0.2, -0.15) is 0 Å². The van der Waals surface area contributed by atoms with Crippen molar-refractivity contribution in [2.24, 2.45) is 34.8 Å². The lowest BCUT2D eigenvalue weighted by molar-refractivity contribution is -0.139. The molecule has 4 rings (SSSR count). The first kappa shape index (κ1) is 20.9. The van der Waals surface area contributed by atoms with E-state index in [9.17, 15) is 4.79 Å². The predicted molar refractivity (Wildman–Crippen MR) is 119 cm³/mol. The molecular weight excluding hydrogens is 356 g/mol. The molecule has 3 heteroatoms. The Bertz CT molecular complexity index is 707. The Kier molecular flexibility index (Phi) is 5.81. The Labute approximate surface area is 177 Å². The fourth-order valence-corrected chi connectivity index (χ4v) is 7.04. The molecule has 3 N–H and O–H groups in total. The summed E-state index contributed by atoms with van der Waals surface area (Å²) >= 11 is 0. The van der Waals surface area contributed by atoms with Crippen LogP contribution in [0.1, 0.15) is 77.7 Å². The average Bonchev–Trinajstić information content (AvgIpc) is 2.73. The molecule has 1 aromatic carbocycles. The first-order valence-electron chi connectivity index (χ1n) is 11.9. The van der Waals surface area contributed by atoms with E-state index < -0.39 is 0 Å². The maximum atomic E-state index is 13.6. The molecule has 1 aromatic rings. The summed E-state index contributed by atoms with van der Waals surface area (Å²) in [5.41, 5.74) is 7.18. The molecule has 3 aliphatic rings. The SMILES string of the molecule is CC1CC2(c3ccccc3)CC(CC(C)(C(=O)NC3CCC(CN)CC3)C2)C1C. The minimum atomic E-state index is -0.266. The minimum absolute atomic E-state index is 0.152. The second kappa shape index (κ2) is 8.06. The quantitative estimate of drug-likeness (QED) is 0.749. The van der Waals surface area contributed by atoms with Crippen LogP contribution < -0.4 is 11.1 Å². The third-order valence-corrected chi connectivity index (χ3v) is 8.90. The monoisotopic (exact) mass is 396 g/mol. The molecular formula is C26H40N2O. The zero-order chi connectivity index (χ0) is 20.6. The van der Waals surface area contributed by atoms with Gasteiger partial charge in [-0.05, 0) is 92.6 Å². The van der Waals surface area contributed by atoms with Crippen LogP contribution in [0, 0.1) is 29.1 Å². The van der Waals surface area contributed by atoms with Crippen LogP contribution in [0.5, 0.6) is 0 Å². The standard InChI is InChI=1S/C26H40N2O/c1-18-13-26(22-7-5-4-6-8-22)15-21(19(18)2)14-25(3,17-26)24(29)28-23-11-9-20(16-27)10-12-23/h4-8,18-21,23H,9-17,27H2,1-3H3,(H,28,29). The number of hydrogen-bond acceptors (Lipinski definition) is 2. The van der Waals surface area contributed by atoms with Crippen molar-refractivity contribution in [3.63, 3.8) is 0 Å². The van der Waals surface area contributed by atoms with Crippen LogP contribution in [0.2, 0.25) is 0 Å². The molecule has 3 saturated carbocycles. The highest BCUT2D eigenvalue weighted by atomic mass is 16.2. The number of nitrogens with one attached hydrogen (secondary N) is 1. The maximum absolute atomic E-state index is 13.6. The molecule has 0 aromatic heterocycles. The van der Waals surface area contributed by atoms with Crippen LogP contribution >= 0.6 is 0 Å². The van der Waals surface area contributed by atoms with Crippen molar-refractivity contribution in [3.8, 4) is 0 Å². The van der Waals surface area contributed by atoms with Gasteiger partial charge >= 0.3 is 0 Å². The van der Waals surface area contributed by atoms with E-state index in [0.717, 1.165) is 45.1 Å². The van der Waals surface area contributed by atoms with E-state index in [4.69, 9.17) is 5.73 Å². The highest BCUT2D eigenvalue weighted by molar-refractivity contribution is 5.83. The van der Waals surface area contributed by atoms with Gasteiger partial charge in [-0.3, -0.25) is 4.79 Å². The maximum Gasteiger partial charge on any atom is 0.226 e. The van der Waals surface area contributed by atoms with Crippen molar-refractivity contribution in [1.82, 2.24) is 5.32 Å². The van der Waals surface area contributed by atoms with Crippen molar-refractivity contribution in [3.05, 3.63) is 35.9 Å². The minimum Gasteiger partial charge on any atom is -0.353 e. The highest BCUT2D eigenvalue weighted by Gasteiger charge is 2.55. The molecule has 2 bridgehead atoms. The summed E-state index contributed by atoms with van der Waals surface area (Å²) in [5.74, 6) is 3.00. The molecule has 3 nitrogen and oxygen atoms in total. The molecule has 3 aliphatic carbocycles. The summed E-state index contributed by atoms with van der Waals surface area (Å²) in [4.78, 5) is 13.6. The summed E-state index contributed by atoms with van der Waals surface area (Å²) in [5, 5.41) is 3.48. The Balaban J connectivity index is 1.55. The lowest BCUT2D eigenvalue weighted by atomic mass is 9.48. The van der Waals surface area contributed by atoms with Crippen LogP contribution in [-0.4, -0.2) is 18.5 Å². The second-order valence-electron chi connectivity index (χ2n) is 11.0. The zero-order valence-corrected chi connectivity index (χ0v) is 18.6. The summed E-state index contributed by atoms with van der Waals surface area (Å²) in [6, 6.07) is 11.4. The van der Waals surface area contributed by atoms with E-state index in [1.807, 2.05) is 0 Å². The number of benzene rings is 1. The van der Waals surface area contributed by atoms with Crippen molar-refractivity contribution in [2.45, 2.75) is 83.6 Å². The molecule has 29 heavy (non-hydrogen) atoms. The van der Waals surface area contributed by atoms with Crippen LogP contribution in [0.15, 0.2) is 30.3 Å². The van der Waals surface area contributed by atoms with Gasteiger partial charge in [0.2, 0.25) is 5.91 Å². The molecule has 5 unspecified atom stereocenters. The van der Waals surface area contributed by atoms with Gasteiger partial charge in [-0.25, -0.2) is 0 Å². The van der Waals surface area contributed by atoms with E-state index in [1.165, 1.54) is 18.4 Å². The largest absolute Gasteiger partial charge is 0.353 e. The Hall–Kier alpha value is -1.35. The number of fused-ring (bicyclic) bond motifs is 2. The van der Waals surface area contributed by atoms with Crippen molar-refractivity contribution in [2.75, 3.05) is 6.54 Å². The van der Waals surface area contributed by atoms with E-state index in [2.05, 4.69) is 56.4 Å². The second-order valence-corrected chi connectivity index (χ2v) is 11.0. The Morgan fingerprint density at radius 1 is 1.07 bits per heavy atom. The highest BCUT2D eigenvalue weighted by Crippen LogP contribution is 2.59. The first-order chi connectivity index (χ1) is 13.8. The van der Waals surface area contributed by atoms with E-state index in [-0.39, 0.29) is 10.8 Å². The number of nitrogens with two attached hydrogens (primary N) is 1. The first-order valence-corrected chi connectivity index (χ1v) is 11.9. The van der Waals surface area contributed by atoms with Gasteiger partial charge < -0.3 is 11.1 Å². The third-order valence-electron chi connectivity index (χ3n) is 8.90. The molecule has 0 heterocycles. The van der Waals surface area contributed by atoms with Gasteiger partial charge in [-0.15, -0.1) is 0 Å². The average molecular weight is 397 g/mol. The molecule has 0 spiro atoms. The number of rotatable bonds is 4. The zero-order valence-electron chi connectivity index (χ0n) is 18.6. The van der Waals surface area contributed by atoms with Gasteiger partial charge in [0.15, 0.2) is 0 Å². The lowest BCUT2D eigenvalue weighted by Gasteiger charge is -2.56. The molecule has 160 valence electrons. The molecule has 0 saturated heterocycles. The number of amides is 1. The third kappa shape index (κ3) is 4.00. The number of carbonyl (C=O) groups excluding carboxylic acids is 1. The fraction of sp³-hybridized carbons (Fsp3) is 0.731. The normalized spacial score (nSPS) is 42.3.